The maximum absolute atomic E-state index is 4.72. The van der Waals surface area contributed by atoms with Gasteiger partial charge in [0, 0.05) is 29.9 Å². The van der Waals surface area contributed by atoms with Crippen molar-refractivity contribution < 1.29 is 0 Å². The van der Waals surface area contributed by atoms with Crippen LogP contribution in [0.5, 0.6) is 0 Å². The van der Waals surface area contributed by atoms with Crippen molar-refractivity contribution in [2.24, 2.45) is 0 Å². The number of pyridine rings is 1. The summed E-state index contributed by atoms with van der Waals surface area (Å²) in [5.41, 5.74) is 3.37. The second kappa shape index (κ2) is 4.83. The molecule has 0 aliphatic rings. The van der Waals surface area contributed by atoms with Gasteiger partial charge in [0.15, 0.2) is 5.82 Å². The largest absolute Gasteiger partial charge is 0.372 e. The molecule has 4 nitrogen and oxygen atoms in total. The highest BCUT2D eigenvalue weighted by Gasteiger charge is 2.15. The van der Waals surface area contributed by atoms with E-state index in [1.54, 1.807) is 17.5 Å². The van der Waals surface area contributed by atoms with Gasteiger partial charge < -0.3 is 5.32 Å². The van der Waals surface area contributed by atoms with Crippen LogP contribution >= 0.6 is 11.3 Å². The molecular formula is C15H16N4S. The summed E-state index contributed by atoms with van der Waals surface area (Å²) in [5, 5.41) is 4.31. The Hall–Kier alpha value is -2.01. The molecule has 0 aliphatic heterocycles. The number of hydrogen-bond acceptors (Lipinski definition) is 5. The Morgan fingerprint density at radius 3 is 2.65 bits per heavy atom. The minimum atomic E-state index is 0.730. The third kappa shape index (κ3) is 1.94. The number of nitrogens with one attached hydrogen (secondary N) is 1. The van der Waals surface area contributed by atoms with Crippen molar-refractivity contribution in [3.63, 3.8) is 0 Å². The molecule has 0 aliphatic carbocycles. The van der Waals surface area contributed by atoms with Gasteiger partial charge >= 0.3 is 0 Å². The number of nitrogens with zero attached hydrogens (tertiary/aromatic N) is 3. The first-order valence-corrected chi connectivity index (χ1v) is 7.30. The summed E-state index contributed by atoms with van der Waals surface area (Å²) < 4.78 is 0. The molecule has 5 heteroatoms. The molecule has 0 saturated heterocycles. The maximum atomic E-state index is 4.72. The molecule has 0 fully saturated rings. The molecule has 0 spiro atoms. The predicted molar refractivity (Wildman–Crippen MR) is 84.4 cm³/mol. The van der Waals surface area contributed by atoms with Crippen molar-refractivity contribution in [2.45, 2.75) is 20.8 Å². The Bertz CT molecular complexity index is 792. The molecule has 0 aromatic carbocycles. The fourth-order valence-electron chi connectivity index (χ4n) is 2.25. The fourth-order valence-corrected chi connectivity index (χ4v) is 3.28. The molecule has 3 rings (SSSR count). The van der Waals surface area contributed by atoms with Crippen molar-refractivity contribution in [1.82, 2.24) is 15.0 Å². The van der Waals surface area contributed by atoms with E-state index in [0.29, 0.717) is 0 Å². The van der Waals surface area contributed by atoms with Crippen LogP contribution in [0.3, 0.4) is 0 Å². The lowest BCUT2D eigenvalue weighted by molar-refractivity contribution is 1.18. The van der Waals surface area contributed by atoms with Crippen LogP contribution in [0.25, 0.3) is 21.6 Å². The fraction of sp³-hybridized carbons (Fsp3) is 0.267. The smallest absolute Gasteiger partial charge is 0.164 e. The van der Waals surface area contributed by atoms with Gasteiger partial charge in [-0.15, -0.1) is 11.3 Å². The van der Waals surface area contributed by atoms with Gasteiger partial charge in [-0.05, 0) is 38.0 Å². The number of fused-ring (bicyclic) bond motifs is 1. The third-order valence-corrected chi connectivity index (χ3v) is 4.65. The normalized spacial score (nSPS) is 11.0. The van der Waals surface area contributed by atoms with Crippen molar-refractivity contribution in [3.8, 4) is 11.4 Å². The first kappa shape index (κ1) is 13.0. The molecular weight excluding hydrogens is 268 g/mol. The van der Waals surface area contributed by atoms with Crippen LogP contribution in [0.1, 0.15) is 16.0 Å². The van der Waals surface area contributed by atoms with Crippen LogP contribution in [-0.2, 0) is 0 Å². The first-order valence-electron chi connectivity index (χ1n) is 6.48. The summed E-state index contributed by atoms with van der Waals surface area (Å²) in [4.78, 5) is 15.9. The summed E-state index contributed by atoms with van der Waals surface area (Å²) >= 11 is 1.71. The zero-order valence-corrected chi connectivity index (χ0v) is 12.8. The predicted octanol–water partition coefficient (Wildman–Crippen LogP) is 3.72. The Morgan fingerprint density at radius 1 is 1.15 bits per heavy atom. The van der Waals surface area contributed by atoms with Crippen LogP contribution in [-0.4, -0.2) is 22.0 Å². The van der Waals surface area contributed by atoms with Crippen LogP contribution in [0, 0.1) is 20.8 Å². The van der Waals surface area contributed by atoms with E-state index < -0.39 is 0 Å². The highest BCUT2D eigenvalue weighted by atomic mass is 32.1. The molecule has 1 N–H and O–H groups in total. The number of hydrogen-bond donors (Lipinski definition) is 1. The lowest BCUT2D eigenvalue weighted by Crippen LogP contribution is -1.99. The number of aromatic nitrogens is 3. The standard InChI is InChI=1S/C15H16N4S/c1-8-5-6-17-7-11(8)13-18-14(16-4)12-9(2)10(3)20-15(12)19-13/h5-7H,1-4H3,(H,16,18,19). The zero-order valence-electron chi connectivity index (χ0n) is 12.0. The molecule has 0 bridgehead atoms. The molecule has 3 heterocycles. The van der Waals surface area contributed by atoms with Crippen molar-refractivity contribution in [1.29, 1.82) is 0 Å². The van der Waals surface area contributed by atoms with Gasteiger partial charge in [0.25, 0.3) is 0 Å². The Balaban J connectivity index is 2.32. The van der Waals surface area contributed by atoms with Gasteiger partial charge in [-0.1, -0.05) is 0 Å². The quantitative estimate of drug-likeness (QED) is 0.779. The lowest BCUT2D eigenvalue weighted by Gasteiger charge is -2.07. The van der Waals surface area contributed by atoms with Gasteiger partial charge in [0.2, 0.25) is 0 Å². The summed E-state index contributed by atoms with van der Waals surface area (Å²) in [6.45, 7) is 6.29. The summed E-state index contributed by atoms with van der Waals surface area (Å²) in [6, 6.07) is 1.98. The van der Waals surface area contributed by atoms with E-state index in [1.165, 1.54) is 10.4 Å². The van der Waals surface area contributed by atoms with Crippen molar-refractivity contribution >= 4 is 27.4 Å². The van der Waals surface area contributed by atoms with Gasteiger partial charge in [0.1, 0.15) is 10.6 Å². The number of thiophene rings is 1. The molecule has 3 aromatic rings. The molecule has 3 aromatic heterocycles. The van der Waals surface area contributed by atoms with Gasteiger partial charge in [0.05, 0.1) is 5.39 Å². The highest BCUT2D eigenvalue weighted by molar-refractivity contribution is 7.18. The van der Waals surface area contributed by atoms with Crippen LogP contribution < -0.4 is 5.32 Å². The molecule has 102 valence electrons. The maximum Gasteiger partial charge on any atom is 0.164 e. The second-order valence-corrected chi connectivity index (χ2v) is 6.00. The van der Waals surface area contributed by atoms with Crippen LogP contribution in [0.2, 0.25) is 0 Å². The van der Waals surface area contributed by atoms with Crippen LogP contribution in [0.15, 0.2) is 18.5 Å². The van der Waals surface area contributed by atoms with Crippen molar-refractivity contribution in [3.05, 3.63) is 34.5 Å². The Labute approximate surface area is 121 Å². The van der Waals surface area contributed by atoms with E-state index in [9.17, 15) is 0 Å². The average molecular weight is 284 g/mol. The van der Waals surface area contributed by atoms with E-state index in [2.05, 4.69) is 36.1 Å². The Morgan fingerprint density at radius 2 is 1.95 bits per heavy atom. The summed E-state index contributed by atoms with van der Waals surface area (Å²) in [6.07, 6.45) is 3.61. The third-order valence-electron chi connectivity index (χ3n) is 3.55. The molecule has 0 saturated carbocycles. The topological polar surface area (TPSA) is 50.7 Å². The highest BCUT2D eigenvalue weighted by Crippen LogP contribution is 2.35. The minimum Gasteiger partial charge on any atom is -0.372 e. The minimum absolute atomic E-state index is 0.730. The van der Waals surface area contributed by atoms with E-state index in [-0.39, 0.29) is 0 Å². The zero-order chi connectivity index (χ0) is 14.3. The first-order chi connectivity index (χ1) is 9.61. The van der Waals surface area contributed by atoms with Gasteiger partial charge in [-0.3, -0.25) is 4.98 Å². The van der Waals surface area contributed by atoms with Crippen LogP contribution in [0.4, 0.5) is 5.82 Å². The lowest BCUT2D eigenvalue weighted by atomic mass is 10.1. The Kier molecular flexibility index (Phi) is 3.14. The molecule has 0 unspecified atom stereocenters. The molecule has 0 amide bonds. The average Bonchev–Trinajstić information content (AvgIpc) is 2.73. The molecule has 20 heavy (non-hydrogen) atoms. The monoisotopic (exact) mass is 284 g/mol. The van der Waals surface area contributed by atoms with E-state index in [1.807, 2.05) is 19.3 Å². The van der Waals surface area contributed by atoms with Crippen molar-refractivity contribution in [2.75, 3.05) is 12.4 Å². The summed E-state index contributed by atoms with van der Waals surface area (Å²) in [5.74, 6) is 1.61. The molecule has 0 radical (unpaired) electrons. The number of rotatable bonds is 2. The van der Waals surface area contributed by atoms with Gasteiger partial charge in [-0.25, -0.2) is 9.97 Å². The summed E-state index contributed by atoms with van der Waals surface area (Å²) in [7, 11) is 1.90. The van der Waals surface area contributed by atoms with Gasteiger partial charge in [-0.2, -0.15) is 0 Å². The van der Waals surface area contributed by atoms with E-state index >= 15 is 0 Å². The second-order valence-electron chi connectivity index (χ2n) is 4.80. The number of anilines is 1. The number of aryl methyl sites for hydroxylation is 3. The molecule has 0 atom stereocenters. The van der Waals surface area contributed by atoms with E-state index in [4.69, 9.17) is 4.98 Å². The SMILES string of the molecule is CNc1nc(-c2cnccc2C)nc2sc(C)c(C)c12. The van der Waals surface area contributed by atoms with E-state index in [0.717, 1.165) is 33.0 Å².